The number of benzene rings is 9. The molecule has 0 N–H and O–H groups in total. The van der Waals surface area contributed by atoms with Gasteiger partial charge in [-0.15, -0.1) is 0 Å². The van der Waals surface area contributed by atoms with Gasteiger partial charge in [-0.1, -0.05) is 0 Å². The van der Waals surface area contributed by atoms with Crippen molar-refractivity contribution in [1.82, 2.24) is 0 Å². The summed E-state index contributed by atoms with van der Waals surface area (Å²) in [5.41, 5.74) is 4.55. The van der Waals surface area contributed by atoms with Crippen LogP contribution >= 0.6 is 13.7 Å². The van der Waals surface area contributed by atoms with Crippen LogP contribution in [0.25, 0.3) is 0 Å². The van der Waals surface area contributed by atoms with E-state index in [0.29, 0.717) is 5.75 Å². The zero-order valence-electron chi connectivity index (χ0n) is 36.9. The monoisotopic (exact) mass is 870 g/mol. The topological polar surface area (TPSA) is 27.7 Å². The van der Waals surface area contributed by atoms with E-state index in [0.717, 1.165) is 59.1 Å². The number of hydrogen-bond donors (Lipinski definition) is 0. The van der Waals surface area contributed by atoms with Crippen molar-refractivity contribution >= 4 is 63.4 Å². The van der Waals surface area contributed by atoms with Crippen LogP contribution in [0.2, 0.25) is 0 Å². The molecular formula is C58H53BO3P2. The summed E-state index contributed by atoms with van der Waals surface area (Å²) in [4.78, 5) is 0. The van der Waals surface area contributed by atoms with Crippen LogP contribution in [0.5, 0.6) is 5.75 Å². The van der Waals surface area contributed by atoms with Crippen LogP contribution in [0.1, 0.15) is 22.3 Å². The SMILES string of the molecule is Cc1cc(OB(OP(c2ccccc2)(c2ccccc2)(c2ccccc2)c2ccccc2)OP(c2ccccc2)(c2ccccc2)(c2ccccc2)c2ccccc2)c(C)c(C)c1C. The van der Waals surface area contributed by atoms with Crippen LogP contribution in [0.3, 0.4) is 0 Å². The molecule has 0 aliphatic heterocycles. The normalized spacial score (nSPS) is 12.9. The zero-order chi connectivity index (χ0) is 44.1. The van der Waals surface area contributed by atoms with Gasteiger partial charge in [0.15, 0.2) is 0 Å². The number of hydrogen-bond acceptors (Lipinski definition) is 3. The van der Waals surface area contributed by atoms with Gasteiger partial charge in [-0.2, -0.15) is 0 Å². The van der Waals surface area contributed by atoms with Gasteiger partial charge in [-0.25, -0.2) is 0 Å². The standard InChI is InChI=1S/C58H53BO3P2/c1-46-45-58(49(4)48(3)47(46)2)60-59(61-63(50-29-13-5-14-30-50,51-31-15-6-16-32-51,52-33-17-7-18-34-52)53-35-19-8-20-36-53)62-64(54-37-21-9-22-38-54,55-39-23-10-24-40-55,56-41-25-11-26-42-56)57-43-27-12-28-44-57/h5-45H,1-4H3. The Hall–Kier alpha value is -6.38. The molecule has 0 fully saturated rings. The Morgan fingerprint density at radius 1 is 0.281 bits per heavy atom. The molecule has 0 unspecified atom stereocenters. The van der Waals surface area contributed by atoms with Crippen molar-refractivity contribution in [3.63, 3.8) is 0 Å². The first-order valence-corrected chi connectivity index (χ1v) is 26.2. The molecule has 0 aliphatic carbocycles. The molecule has 9 aromatic carbocycles. The summed E-state index contributed by atoms with van der Waals surface area (Å²) in [5.74, 6) is 0.698. The second kappa shape index (κ2) is 17.7. The first kappa shape index (κ1) is 42.9. The minimum absolute atomic E-state index is 0.698. The molecule has 0 atom stereocenters. The molecule has 0 aromatic heterocycles. The van der Waals surface area contributed by atoms with Crippen molar-refractivity contribution in [2.24, 2.45) is 0 Å². The molecule has 3 nitrogen and oxygen atoms in total. The summed E-state index contributed by atoms with van der Waals surface area (Å²) in [6, 6.07) is 88.1. The molecule has 0 aliphatic rings. The fourth-order valence-corrected chi connectivity index (χ4v) is 21.2. The van der Waals surface area contributed by atoms with Crippen molar-refractivity contribution in [2.75, 3.05) is 0 Å². The molecular weight excluding hydrogens is 817 g/mol. The Morgan fingerprint density at radius 3 is 0.719 bits per heavy atom. The van der Waals surface area contributed by atoms with E-state index in [1.165, 1.54) is 5.56 Å². The quantitative estimate of drug-likeness (QED) is 0.0805. The van der Waals surface area contributed by atoms with Crippen molar-refractivity contribution in [2.45, 2.75) is 27.7 Å². The van der Waals surface area contributed by atoms with Gasteiger partial charge in [0.1, 0.15) is 0 Å². The number of aryl methyl sites for hydroxylation is 1. The van der Waals surface area contributed by atoms with Crippen LogP contribution in [0.4, 0.5) is 0 Å². The van der Waals surface area contributed by atoms with Gasteiger partial charge in [-0.05, 0) is 0 Å². The first-order valence-electron chi connectivity index (χ1n) is 21.9. The van der Waals surface area contributed by atoms with Crippen molar-refractivity contribution in [1.29, 1.82) is 0 Å². The van der Waals surface area contributed by atoms with Crippen LogP contribution in [0, 0.1) is 27.7 Å². The second-order valence-corrected chi connectivity index (χ2v) is 25.1. The van der Waals surface area contributed by atoms with E-state index in [4.69, 9.17) is 13.5 Å². The van der Waals surface area contributed by atoms with E-state index in [2.05, 4.69) is 276 Å². The predicted octanol–water partition coefficient (Wildman–Crippen LogP) is 10.9. The van der Waals surface area contributed by atoms with Gasteiger partial charge in [0.25, 0.3) is 0 Å². The Kier molecular flexibility index (Phi) is 11.8. The van der Waals surface area contributed by atoms with Gasteiger partial charge in [0.05, 0.1) is 0 Å². The molecule has 0 bridgehead atoms. The van der Waals surface area contributed by atoms with Crippen LogP contribution in [0.15, 0.2) is 249 Å². The van der Waals surface area contributed by atoms with Crippen molar-refractivity contribution < 1.29 is 13.5 Å². The average molecular weight is 871 g/mol. The van der Waals surface area contributed by atoms with Gasteiger partial charge < -0.3 is 0 Å². The Bertz CT molecular complexity index is 2450. The van der Waals surface area contributed by atoms with Gasteiger partial charge in [-0.3, -0.25) is 0 Å². The summed E-state index contributed by atoms with van der Waals surface area (Å²) < 4.78 is 25.0. The number of rotatable bonds is 14. The first-order chi connectivity index (χ1) is 31.3. The maximum absolute atomic E-state index is 8.62. The Balaban J connectivity index is 1.50. The van der Waals surface area contributed by atoms with E-state index < -0.39 is 21.0 Å². The fraction of sp³-hybridized carbons (Fsp3) is 0.0690. The van der Waals surface area contributed by atoms with E-state index in [-0.39, 0.29) is 0 Å². The molecule has 0 spiro atoms. The minimum atomic E-state index is -4.45. The fourth-order valence-electron chi connectivity index (χ4n) is 9.78. The van der Waals surface area contributed by atoms with E-state index >= 15 is 0 Å². The summed E-state index contributed by atoms with van der Waals surface area (Å²) in [6.07, 6.45) is 0. The van der Waals surface area contributed by atoms with Crippen molar-refractivity contribution in [3.8, 4) is 5.75 Å². The summed E-state index contributed by atoms with van der Waals surface area (Å²) in [5, 5.41) is 8.12. The molecule has 64 heavy (non-hydrogen) atoms. The summed E-state index contributed by atoms with van der Waals surface area (Å²) >= 11 is 0. The molecule has 6 heteroatoms. The Morgan fingerprint density at radius 2 is 0.500 bits per heavy atom. The summed E-state index contributed by atoms with van der Waals surface area (Å²) in [7, 11) is -1.35. The zero-order valence-corrected chi connectivity index (χ0v) is 38.7. The molecule has 9 aromatic rings. The molecule has 9 rings (SSSR count). The average Bonchev–Trinajstić information content (AvgIpc) is 3.38. The van der Waals surface area contributed by atoms with Gasteiger partial charge in [0.2, 0.25) is 0 Å². The molecule has 0 radical (unpaired) electrons. The van der Waals surface area contributed by atoms with Crippen LogP contribution in [-0.4, -0.2) is 7.32 Å². The summed E-state index contributed by atoms with van der Waals surface area (Å²) in [6.45, 7) is -0.260. The third-order valence-corrected chi connectivity index (χ3v) is 24.7. The molecule has 0 heterocycles. The van der Waals surface area contributed by atoms with E-state index in [1.807, 2.05) is 0 Å². The van der Waals surface area contributed by atoms with Gasteiger partial charge in [0, 0.05) is 0 Å². The third kappa shape index (κ3) is 6.68. The third-order valence-electron chi connectivity index (χ3n) is 13.2. The predicted molar refractivity (Wildman–Crippen MR) is 276 cm³/mol. The van der Waals surface area contributed by atoms with E-state index in [9.17, 15) is 0 Å². The van der Waals surface area contributed by atoms with Crippen LogP contribution < -0.4 is 47.1 Å². The van der Waals surface area contributed by atoms with Gasteiger partial charge >= 0.3 is 381 Å². The Labute approximate surface area is 379 Å². The maximum atomic E-state index is 8.62. The van der Waals surface area contributed by atoms with Crippen LogP contribution in [-0.2, 0) is 8.88 Å². The molecule has 0 amide bonds. The molecule has 0 saturated heterocycles. The van der Waals surface area contributed by atoms with Crippen molar-refractivity contribution in [3.05, 3.63) is 271 Å². The second-order valence-electron chi connectivity index (χ2n) is 16.4. The molecule has 0 saturated carbocycles. The molecule has 316 valence electrons. The van der Waals surface area contributed by atoms with E-state index in [1.54, 1.807) is 0 Å².